The van der Waals surface area contributed by atoms with Crippen molar-refractivity contribution in [1.82, 2.24) is 5.32 Å². The van der Waals surface area contributed by atoms with Crippen molar-refractivity contribution in [2.75, 3.05) is 11.9 Å². The molecular weight excluding hydrogens is 328 g/mol. The molecule has 2 rings (SSSR count). The Labute approximate surface area is 148 Å². The normalized spacial score (nSPS) is 16.3. The van der Waals surface area contributed by atoms with Crippen LogP contribution in [0.1, 0.15) is 52.4 Å². The Morgan fingerprint density at radius 3 is 2.58 bits per heavy atom. The predicted molar refractivity (Wildman–Crippen MR) is 95.5 cm³/mol. The number of anilines is 1. The summed E-state index contributed by atoms with van der Waals surface area (Å²) in [6.45, 7) is 4.02. The molecule has 2 N–H and O–H groups in total. The van der Waals surface area contributed by atoms with Crippen LogP contribution in [-0.2, 0) is 9.59 Å². The summed E-state index contributed by atoms with van der Waals surface area (Å²) in [5, 5.41) is 6.30. The minimum Gasteiger partial charge on any atom is -0.491 e. The van der Waals surface area contributed by atoms with Crippen molar-refractivity contribution in [3.8, 4) is 5.75 Å². The van der Waals surface area contributed by atoms with Crippen molar-refractivity contribution in [2.24, 2.45) is 0 Å². The quantitative estimate of drug-likeness (QED) is 0.815. The fourth-order valence-corrected chi connectivity index (χ4v) is 3.25. The Morgan fingerprint density at radius 1 is 1.25 bits per heavy atom. The minimum absolute atomic E-state index is 0.194. The highest BCUT2D eigenvalue weighted by molar-refractivity contribution is 6.31. The lowest BCUT2D eigenvalue weighted by atomic mass is 9.80. The number of ether oxygens (including phenoxy) is 1. The van der Waals surface area contributed by atoms with Crippen LogP contribution >= 0.6 is 11.6 Å². The van der Waals surface area contributed by atoms with Crippen LogP contribution in [0.25, 0.3) is 0 Å². The van der Waals surface area contributed by atoms with Gasteiger partial charge in [-0.1, -0.05) is 37.8 Å². The highest BCUT2D eigenvalue weighted by Gasteiger charge is 2.40. The van der Waals surface area contributed by atoms with Gasteiger partial charge >= 0.3 is 0 Å². The van der Waals surface area contributed by atoms with Gasteiger partial charge in [0.2, 0.25) is 11.8 Å². The smallest absolute Gasteiger partial charge is 0.250 e. The van der Waals surface area contributed by atoms with Gasteiger partial charge in [0, 0.05) is 11.9 Å². The van der Waals surface area contributed by atoms with Crippen molar-refractivity contribution >= 4 is 29.1 Å². The molecule has 0 unspecified atom stereocenters. The lowest BCUT2D eigenvalue weighted by Crippen LogP contribution is -2.57. The third kappa shape index (κ3) is 4.63. The number of nitrogens with one attached hydrogen (secondary N) is 2. The summed E-state index contributed by atoms with van der Waals surface area (Å²) in [4.78, 5) is 24.5. The van der Waals surface area contributed by atoms with Crippen molar-refractivity contribution < 1.29 is 14.3 Å². The van der Waals surface area contributed by atoms with Crippen LogP contribution in [0.2, 0.25) is 5.02 Å². The zero-order valence-electron chi connectivity index (χ0n) is 14.3. The Kier molecular flexibility index (Phi) is 6.49. The molecule has 0 saturated heterocycles. The summed E-state index contributed by atoms with van der Waals surface area (Å²) in [5.41, 5.74) is -0.315. The van der Waals surface area contributed by atoms with E-state index in [0.717, 1.165) is 25.7 Å². The first-order valence-corrected chi connectivity index (χ1v) is 8.87. The number of amides is 2. The molecule has 0 spiro atoms. The highest BCUT2D eigenvalue weighted by atomic mass is 35.5. The molecule has 0 aliphatic heterocycles. The summed E-state index contributed by atoms with van der Waals surface area (Å²) in [6.07, 6.45) is 5.07. The van der Waals surface area contributed by atoms with Gasteiger partial charge in [-0.15, -0.1) is 0 Å². The van der Waals surface area contributed by atoms with Gasteiger partial charge in [0.05, 0.1) is 12.3 Å². The molecule has 0 atom stereocenters. The minimum atomic E-state index is -0.853. The van der Waals surface area contributed by atoms with E-state index in [1.165, 1.54) is 6.92 Å². The molecule has 0 heterocycles. The van der Waals surface area contributed by atoms with Gasteiger partial charge in [-0.05, 0) is 37.5 Å². The monoisotopic (exact) mass is 352 g/mol. The van der Waals surface area contributed by atoms with Crippen molar-refractivity contribution in [2.45, 2.75) is 57.9 Å². The van der Waals surface area contributed by atoms with E-state index in [0.29, 0.717) is 35.9 Å². The zero-order chi connectivity index (χ0) is 17.6. The van der Waals surface area contributed by atoms with Crippen LogP contribution in [-0.4, -0.2) is 24.0 Å². The number of carbonyl (C=O) groups excluding carboxylic acids is 2. The van der Waals surface area contributed by atoms with Gasteiger partial charge in [0.25, 0.3) is 0 Å². The number of benzene rings is 1. The van der Waals surface area contributed by atoms with Gasteiger partial charge in [-0.3, -0.25) is 9.59 Å². The highest BCUT2D eigenvalue weighted by Crippen LogP contribution is 2.33. The molecule has 1 aromatic carbocycles. The summed E-state index contributed by atoms with van der Waals surface area (Å²) < 4.78 is 5.68. The molecule has 1 fully saturated rings. The van der Waals surface area contributed by atoms with Crippen molar-refractivity contribution in [3.63, 3.8) is 0 Å². The maximum absolute atomic E-state index is 12.9. The number of hydrogen-bond donors (Lipinski definition) is 2. The van der Waals surface area contributed by atoms with Crippen LogP contribution in [0.5, 0.6) is 5.75 Å². The first-order valence-electron chi connectivity index (χ1n) is 8.49. The Balaban J connectivity index is 2.22. The lowest BCUT2D eigenvalue weighted by Gasteiger charge is -2.36. The molecule has 6 heteroatoms. The van der Waals surface area contributed by atoms with Gasteiger partial charge < -0.3 is 15.4 Å². The fraction of sp³-hybridized carbons (Fsp3) is 0.556. The van der Waals surface area contributed by atoms with Crippen molar-refractivity contribution in [3.05, 3.63) is 23.2 Å². The maximum Gasteiger partial charge on any atom is 0.250 e. The van der Waals surface area contributed by atoms with Crippen LogP contribution in [0.4, 0.5) is 5.69 Å². The second-order valence-electron chi connectivity index (χ2n) is 6.27. The molecule has 2 amide bonds. The van der Waals surface area contributed by atoms with Gasteiger partial charge in [-0.25, -0.2) is 0 Å². The molecule has 132 valence electrons. The van der Waals surface area contributed by atoms with Gasteiger partial charge in [-0.2, -0.15) is 0 Å². The summed E-state index contributed by atoms with van der Waals surface area (Å²) in [7, 11) is 0. The number of carbonyl (C=O) groups is 2. The predicted octanol–water partition coefficient (Wildman–Crippen LogP) is 3.91. The molecule has 0 radical (unpaired) electrons. The lowest BCUT2D eigenvalue weighted by molar-refractivity contribution is -0.130. The van der Waals surface area contributed by atoms with E-state index in [1.54, 1.807) is 18.2 Å². The van der Waals surface area contributed by atoms with Crippen molar-refractivity contribution in [1.29, 1.82) is 0 Å². The molecule has 0 bridgehead atoms. The molecule has 24 heavy (non-hydrogen) atoms. The van der Waals surface area contributed by atoms with Crippen LogP contribution in [0, 0.1) is 0 Å². The number of hydrogen-bond acceptors (Lipinski definition) is 3. The van der Waals surface area contributed by atoms with Gasteiger partial charge in [0.15, 0.2) is 0 Å². The second kappa shape index (κ2) is 8.38. The molecular formula is C18H25ClN2O3. The molecule has 1 aromatic rings. The molecule has 0 aromatic heterocycles. The Hall–Kier alpha value is -1.75. The standard InChI is InChI=1S/C18H25ClN2O3/c1-3-11-24-16-8-7-14(19)12-15(16)20-17(23)18(21-13(2)22)9-5-4-6-10-18/h7-8,12H,3-6,9-11H2,1-2H3,(H,20,23)(H,21,22). The topological polar surface area (TPSA) is 67.4 Å². The first-order chi connectivity index (χ1) is 11.5. The summed E-state index contributed by atoms with van der Waals surface area (Å²) >= 11 is 6.06. The Morgan fingerprint density at radius 2 is 1.96 bits per heavy atom. The third-order valence-corrected chi connectivity index (χ3v) is 4.44. The zero-order valence-corrected chi connectivity index (χ0v) is 15.0. The van der Waals surface area contributed by atoms with E-state index in [-0.39, 0.29) is 11.8 Å². The fourth-order valence-electron chi connectivity index (χ4n) is 3.08. The van der Waals surface area contributed by atoms with E-state index < -0.39 is 5.54 Å². The van der Waals surface area contributed by atoms with E-state index >= 15 is 0 Å². The molecule has 5 nitrogen and oxygen atoms in total. The average Bonchev–Trinajstić information content (AvgIpc) is 2.54. The van der Waals surface area contributed by atoms with Crippen LogP contribution < -0.4 is 15.4 Å². The Bertz CT molecular complexity index is 598. The summed E-state index contributed by atoms with van der Waals surface area (Å²) in [6, 6.07) is 5.15. The number of rotatable bonds is 6. The number of halogens is 1. The van der Waals surface area contributed by atoms with Crippen LogP contribution in [0.15, 0.2) is 18.2 Å². The van der Waals surface area contributed by atoms with Gasteiger partial charge in [0.1, 0.15) is 11.3 Å². The third-order valence-electron chi connectivity index (χ3n) is 4.21. The van der Waals surface area contributed by atoms with E-state index in [4.69, 9.17) is 16.3 Å². The van der Waals surface area contributed by atoms with Crippen LogP contribution in [0.3, 0.4) is 0 Å². The molecule has 1 aliphatic rings. The first kappa shape index (κ1) is 18.6. The van der Waals surface area contributed by atoms with E-state index in [2.05, 4.69) is 10.6 Å². The second-order valence-corrected chi connectivity index (χ2v) is 6.70. The maximum atomic E-state index is 12.9. The summed E-state index contributed by atoms with van der Waals surface area (Å²) in [5.74, 6) is 0.185. The molecule has 1 aliphatic carbocycles. The molecule has 1 saturated carbocycles. The van der Waals surface area contributed by atoms with E-state index in [9.17, 15) is 9.59 Å². The van der Waals surface area contributed by atoms with E-state index in [1.807, 2.05) is 6.92 Å². The average molecular weight is 353 g/mol. The largest absolute Gasteiger partial charge is 0.491 e. The SMILES string of the molecule is CCCOc1ccc(Cl)cc1NC(=O)C1(NC(C)=O)CCCCC1.